The molecule has 0 aromatic carbocycles. The summed E-state index contributed by atoms with van der Waals surface area (Å²) in [6.45, 7) is 7.68. The van der Waals surface area contributed by atoms with Crippen LogP contribution in [0.2, 0.25) is 0 Å². The first-order chi connectivity index (χ1) is 8.33. The third-order valence-corrected chi connectivity index (χ3v) is 3.64. The largest absolute Gasteiger partial charge is 0.331 e. The number of aromatic nitrogens is 2. The second-order valence-corrected chi connectivity index (χ2v) is 5.01. The minimum atomic E-state index is 1.07. The molecule has 3 nitrogen and oxygen atoms in total. The van der Waals surface area contributed by atoms with Crippen LogP contribution < -0.4 is 5.32 Å². The first-order valence-corrected chi connectivity index (χ1v) is 7.08. The van der Waals surface area contributed by atoms with Crippen molar-refractivity contribution in [1.82, 2.24) is 14.9 Å². The molecule has 1 N–H and O–H groups in total. The van der Waals surface area contributed by atoms with Gasteiger partial charge in [-0.15, -0.1) is 0 Å². The molecule has 0 saturated heterocycles. The van der Waals surface area contributed by atoms with Crippen LogP contribution in [-0.2, 0) is 19.4 Å². The lowest BCUT2D eigenvalue weighted by atomic mass is 10.0. The summed E-state index contributed by atoms with van der Waals surface area (Å²) in [5, 5.41) is 3.51. The fourth-order valence-corrected chi connectivity index (χ4v) is 2.65. The number of aryl methyl sites for hydroxylation is 2. The van der Waals surface area contributed by atoms with Gasteiger partial charge in [0, 0.05) is 18.8 Å². The van der Waals surface area contributed by atoms with Gasteiger partial charge >= 0.3 is 0 Å². The quantitative estimate of drug-likeness (QED) is 0.768. The first kappa shape index (κ1) is 12.6. The van der Waals surface area contributed by atoms with Crippen LogP contribution in [0.1, 0.15) is 49.8 Å². The number of fused-ring (bicyclic) bond motifs is 1. The molecule has 0 atom stereocenters. The molecule has 3 heteroatoms. The maximum atomic E-state index is 4.70. The van der Waals surface area contributed by atoms with E-state index >= 15 is 0 Å². The Kier molecular flexibility index (Phi) is 4.60. The number of rotatable bonds is 6. The molecule has 0 amide bonds. The van der Waals surface area contributed by atoms with E-state index < -0.39 is 0 Å². The van der Waals surface area contributed by atoms with Crippen molar-refractivity contribution >= 4 is 0 Å². The van der Waals surface area contributed by atoms with E-state index in [4.69, 9.17) is 4.98 Å². The van der Waals surface area contributed by atoms with Crippen LogP contribution in [0.25, 0.3) is 0 Å². The Hall–Kier alpha value is -0.830. The molecule has 17 heavy (non-hydrogen) atoms. The summed E-state index contributed by atoms with van der Waals surface area (Å²) in [5.41, 5.74) is 2.87. The maximum absolute atomic E-state index is 4.70. The molecule has 0 spiro atoms. The Labute approximate surface area is 105 Å². The summed E-state index contributed by atoms with van der Waals surface area (Å²) in [7, 11) is 0. The molecular weight excluding hydrogens is 210 g/mol. The van der Waals surface area contributed by atoms with E-state index in [0.29, 0.717) is 0 Å². The van der Waals surface area contributed by atoms with E-state index in [9.17, 15) is 0 Å². The normalized spacial score (nSPS) is 14.9. The van der Waals surface area contributed by atoms with Gasteiger partial charge in [0.05, 0.1) is 5.69 Å². The van der Waals surface area contributed by atoms with Crippen LogP contribution in [0.3, 0.4) is 0 Å². The monoisotopic (exact) mass is 235 g/mol. The Bertz CT molecular complexity index is 355. The number of nitrogens with one attached hydrogen (secondary N) is 1. The van der Waals surface area contributed by atoms with Crippen LogP contribution in [0.5, 0.6) is 0 Å². The molecule has 0 aliphatic heterocycles. The average Bonchev–Trinajstić information content (AvgIpc) is 2.65. The lowest BCUT2D eigenvalue weighted by Gasteiger charge is -2.15. The fraction of sp³-hybridized carbons (Fsp3) is 0.786. The van der Waals surface area contributed by atoms with Gasteiger partial charge in [-0.3, -0.25) is 0 Å². The number of nitrogens with zero attached hydrogens (tertiary/aromatic N) is 2. The molecule has 96 valence electrons. The molecule has 0 radical (unpaired) electrons. The molecular formula is C14H25N3. The second-order valence-electron chi connectivity index (χ2n) is 5.01. The van der Waals surface area contributed by atoms with E-state index in [2.05, 4.69) is 23.7 Å². The first-order valence-electron chi connectivity index (χ1n) is 7.08. The topological polar surface area (TPSA) is 29.9 Å². The van der Waals surface area contributed by atoms with Gasteiger partial charge < -0.3 is 9.88 Å². The van der Waals surface area contributed by atoms with Crippen LogP contribution >= 0.6 is 0 Å². The van der Waals surface area contributed by atoms with E-state index in [-0.39, 0.29) is 0 Å². The van der Waals surface area contributed by atoms with Crippen molar-refractivity contribution in [3.8, 4) is 0 Å². The Morgan fingerprint density at radius 1 is 1.24 bits per heavy atom. The van der Waals surface area contributed by atoms with Crippen molar-refractivity contribution in [2.45, 2.75) is 58.9 Å². The van der Waals surface area contributed by atoms with Gasteiger partial charge in [0.1, 0.15) is 5.82 Å². The predicted octanol–water partition coefficient (Wildman–Crippen LogP) is 2.46. The summed E-state index contributed by atoms with van der Waals surface area (Å²) in [4.78, 5) is 4.70. The highest BCUT2D eigenvalue weighted by Crippen LogP contribution is 2.21. The fourth-order valence-electron chi connectivity index (χ4n) is 2.65. The lowest BCUT2D eigenvalue weighted by Crippen LogP contribution is -2.22. The third kappa shape index (κ3) is 3.09. The number of hydrogen-bond acceptors (Lipinski definition) is 2. The van der Waals surface area contributed by atoms with Gasteiger partial charge in [-0.2, -0.15) is 0 Å². The maximum Gasteiger partial charge on any atom is 0.106 e. The van der Waals surface area contributed by atoms with Crippen molar-refractivity contribution in [2.75, 3.05) is 13.1 Å². The molecule has 0 bridgehead atoms. The van der Waals surface area contributed by atoms with E-state index in [0.717, 1.165) is 19.6 Å². The third-order valence-electron chi connectivity index (χ3n) is 3.64. The van der Waals surface area contributed by atoms with Crippen LogP contribution in [0.15, 0.2) is 0 Å². The van der Waals surface area contributed by atoms with Crippen molar-refractivity contribution in [3.05, 3.63) is 17.2 Å². The summed E-state index contributed by atoms with van der Waals surface area (Å²) in [6, 6.07) is 0. The van der Waals surface area contributed by atoms with Crippen LogP contribution in [0, 0.1) is 6.92 Å². The summed E-state index contributed by atoms with van der Waals surface area (Å²) >= 11 is 0. The van der Waals surface area contributed by atoms with Gasteiger partial charge in [0.25, 0.3) is 0 Å². The molecule has 0 unspecified atom stereocenters. The van der Waals surface area contributed by atoms with Gasteiger partial charge in [-0.05, 0) is 45.6 Å². The Morgan fingerprint density at radius 3 is 2.88 bits per heavy atom. The van der Waals surface area contributed by atoms with Gasteiger partial charge in [-0.25, -0.2) is 4.98 Å². The summed E-state index contributed by atoms with van der Waals surface area (Å²) in [6.07, 6.45) is 7.62. The predicted molar refractivity (Wildman–Crippen MR) is 71.4 cm³/mol. The molecule has 0 fully saturated rings. The van der Waals surface area contributed by atoms with E-state index in [1.54, 1.807) is 0 Å². The molecule has 1 aliphatic rings. The van der Waals surface area contributed by atoms with Gasteiger partial charge in [-0.1, -0.05) is 13.3 Å². The molecule has 1 aromatic rings. The van der Waals surface area contributed by atoms with Crippen molar-refractivity contribution in [2.24, 2.45) is 0 Å². The molecule has 1 heterocycles. The van der Waals surface area contributed by atoms with Gasteiger partial charge in [0.15, 0.2) is 0 Å². The smallest absolute Gasteiger partial charge is 0.106 e. The zero-order valence-corrected chi connectivity index (χ0v) is 11.3. The number of unbranched alkanes of at least 4 members (excludes halogenated alkanes) is 1. The Morgan fingerprint density at radius 2 is 2.06 bits per heavy atom. The average molecular weight is 235 g/mol. The minimum Gasteiger partial charge on any atom is -0.331 e. The van der Waals surface area contributed by atoms with Crippen LogP contribution in [0.4, 0.5) is 0 Å². The second kappa shape index (κ2) is 6.20. The molecule has 0 saturated carbocycles. The summed E-state index contributed by atoms with van der Waals surface area (Å²) in [5.74, 6) is 1.20. The van der Waals surface area contributed by atoms with Crippen LogP contribution in [-0.4, -0.2) is 22.6 Å². The summed E-state index contributed by atoms with van der Waals surface area (Å²) < 4.78 is 2.42. The molecule has 1 aliphatic carbocycles. The minimum absolute atomic E-state index is 1.07. The number of imidazole rings is 1. The van der Waals surface area contributed by atoms with Crippen molar-refractivity contribution in [1.29, 1.82) is 0 Å². The highest BCUT2D eigenvalue weighted by atomic mass is 15.1. The standard InChI is InChI=1S/C14H25N3/c1-3-4-9-15-10-11-17-12(2)16-13-7-5-6-8-14(13)17/h15H,3-11H2,1-2H3. The molecule has 2 rings (SSSR count). The zero-order chi connectivity index (χ0) is 12.1. The zero-order valence-electron chi connectivity index (χ0n) is 11.3. The Balaban J connectivity index is 1.89. The SMILES string of the molecule is CCCCNCCn1c(C)nc2c1CCCC2. The number of hydrogen-bond donors (Lipinski definition) is 1. The van der Waals surface area contributed by atoms with E-state index in [1.807, 2.05) is 0 Å². The highest BCUT2D eigenvalue weighted by Gasteiger charge is 2.17. The van der Waals surface area contributed by atoms with Crippen molar-refractivity contribution < 1.29 is 0 Å². The molecule has 1 aromatic heterocycles. The lowest BCUT2D eigenvalue weighted by molar-refractivity contribution is 0.547. The van der Waals surface area contributed by atoms with E-state index in [1.165, 1.54) is 55.7 Å². The van der Waals surface area contributed by atoms with Crippen molar-refractivity contribution in [3.63, 3.8) is 0 Å². The van der Waals surface area contributed by atoms with Gasteiger partial charge in [0.2, 0.25) is 0 Å². The highest BCUT2D eigenvalue weighted by molar-refractivity contribution is 5.19.